The van der Waals surface area contributed by atoms with Crippen LogP contribution < -0.4 is 16.2 Å². The summed E-state index contributed by atoms with van der Waals surface area (Å²) in [7, 11) is 0. The fourth-order valence-corrected chi connectivity index (χ4v) is 7.34. The number of hydrogen-bond donors (Lipinski definition) is 1. The molecule has 0 aliphatic carbocycles. The van der Waals surface area contributed by atoms with E-state index in [0.29, 0.717) is 42.1 Å². The molecule has 2 aromatic heterocycles. The van der Waals surface area contributed by atoms with Crippen molar-refractivity contribution < 1.29 is 23.0 Å². The van der Waals surface area contributed by atoms with Crippen LogP contribution in [0.2, 0.25) is 0 Å². The predicted molar refractivity (Wildman–Crippen MR) is 187 cm³/mol. The van der Waals surface area contributed by atoms with Crippen molar-refractivity contribution in [3.8, 4) is 23.3 Å². The van der Waals surface area contributed by atoms with Crippen molar-refractivity contribution in [1.82, 2.24) is 28.8 Å². The SMILES string of the molecule is CC(C)(C=C(C#N)C(=O)N1CCCC(n2c(=O)n(-c3ccc(Oc4cccc(F)c4F)cc3)c3c(N)nccc32)C1)N1CCN(C2COC2)CC1. The number of imidazole rings is 1. The molecule has 1 unspecified atom stereocenters. The summed E-state index contributed by atoms with van der Waals surface area (Å²) >= 11 is 0. The van der Waals surface area contributed by atoms with E-state index in [2.05, 4.69) is 20.9 Å². The molecule has 3 saturated heterocycles. The molecule has 266 valence electrons. The number of piperazine rings is 1. The lowest BCUT2D eigenvalue weighted by Crippen LogP contribution is -2.59. The highest BCUT2D eigenvalue weighted by Crippen LogP contribution is 2.31. The Morgan fingerprint density at radius 1 is 1.06 bits per heavy atom. The van der Waals surface area contributed by atoms with Crippen LogP contribution in [-0.2, 0) is 9.53 Å². The third-order valence-electron chi connectivity index (χ3n) is 10.2. The first-order valence-corrected chi connectivity index (χ1v) is 17.1. The first kappa shape index (κ1) is 34.4. The number of nitrogens with two attached hydrogens (primary N) is 1. The third kappa shape index (κ3) is 6.60. The molecule has 5 heterocycles. The first-order chi connectivity index (χ1) is 24.6. The van der Waals surface area contributed by atoms with Crippen molar-refractivity contribution in [2.45, 2.75) is 44.3 Å². The molecule has 0 spiro atoms. The van der Waals surface area contributed by atoms with E-state index in [0.717, 1.165) is 45.5 Å². The van der Waals surface area contributed by atoms with E-state index < -0.39 is 23.2 Å². The predicted octanol–water partition coefficient (Wildman–Crippen LogP) is 4.25. The zero-order valence-electron chi connectivity index (χ0n) is 28.6. The van der Waals surface area contributed by atoms with Gasteiger partial charge in [-0.2, -0.15) is 9.65 Å². The molecule has 7 rings (SSSR count). The summed E-state index contributed by atoms with van der Waals surface area (Å²) < 4.78 is 41.9. The molecule has 2 N–H and O–H groups in total. The number of nitriles is 1. The Labute approximate surface area is 293 Å². The standard InChI is InChI=1S/C37H40F2N8O4/c1-37(2,45-17-15-43(16-18-45)27-22-50-23-27)19-24(20-40)35(48)44-14-4-5-26(21-44)46-30-12-13-42-34(41)33(30)47(36(46)49)25-8-10-28(11-9-25)51-31-7-3-6-29(38)32(31)39/h3,6-13,19,26-27H,4-5,14-18,21-23H2,1-2H3,(H2,41,42). The molecule has 4 aromatic rings. The summed E-state index contributed by atoms with van der Waals surface area (Å²) in [5.74, 6) is -2.37. The Kier molecular flexibility index (Phi) is 9.36. The smallest absolute Gasteiger partial charge is 0.334 e. The number of nitrogen functional groups attached to an aromatic ring is 1. The van der Waals surface area contributed by atoms with E-state index in [4.69, 9.17) is 15.2 Å². The van der Waals surface area contributed by atoms with Gasteiger partial charge in [-0.05, 0) is 75.2 Å². The van der Waals surface area contributed by atoms with E-state index in [-0.39, 0.29) is 41.0 Å². The second kappa shape index (κ2) is 13.9. The van der Waals surface area contributed by atoms with Crippen LogP contribution in [0.25, 0.3) is 16.7 Å². The van der Waals surface area contributed by atoms with Crippen LogP contribution in [0.1, 0.15) is 32.7 Å². The van der Waals surface area contributed by atoms with E-state index in [1.54, 1.807) is 45.9 Å². The number of amides is 1. The molecule has 0 saturated carbocycles. The van der Waals surface area contributed by atoms with Crippen molar-refractivity contribution >= 4 is 22.8 Å². The van der Waals surface area contributed by atoms with Crippen molar-refractivity contribution in [2.75, 3.05) is 58.2 Å². The number of pyridine rings is 1. The minimum atomic E-state index is -1.10. The average molecular weight is 699 g/mol. The number of piperidine rings is 1. The number of anilines is 1. The highest BCUT2D eigenvalue weighted by Gasteiger charge is 2.35. The number of likely N-dealkylation sites (tertiary alicyclic amines) is 1. The van der Waals surface area contributed by atoms with Gasteiger partial charge in [-0.3, -0.25) is 23.7 Å². The fraction of sp³-hybridized carbons (Fsp3) is 0.405. The number of aromatic nitrogens is 3. The number of nitrogens with zero attached hydrogens (tertiary/aromatic N) is 7. The summed E-state index contributed by atoms with van der Waals surface area (Å²) in [4.78, 5) is 38.8. The van der Waals surface area contributed by atoms with Gasteiger partial charge in [-0.25, -0.2) is 14.2 Å². The number of hydrogen-bond acceptors (Lipinski definition) is 9. The Morgan fingerprint density at radius 2 is 1.80 bits per heavy atom. The lowest BCUT2D eigenvalue weighted by atomic mass is 9.96. The van der Waals surface area contributed by atoms with Gasteiger partial charge < -0.3 is 20.1 Å². The van der Waals surface area contributed by atoms with Crippen LogP contribution in [0, 0.1) is 23.0 Å². The Hall–Kier alpha value is -5.10. The third-order valence-corrected chi connectivity index (χ3v) is 10.2. The van der Waals surface area contributed by atoms with Gasteiger partial charge in [-0.1, -0.05) is 6.07 Å². The van der Waals surface area contributed by atoms with Gasteiger partial charge in [0.1, 0.15) is 28.7 Å². The normalized spacial score (nSPS) is 19.5. The number of ether oxygens (including phenoxy) is 2. The second-order valence-corrected chi connectivity index (χ2v) is 13.8. The fourth-order valence-electron chi connectivity index (χ4n) is 7.34. The average Bonchev–Trinajstić information content (AvgIpc) is 3.41. The molecule has 1 atom stereocenters. The lowest BCUT2D eigenvalue weighted by Gasteiger charge is -2.46. The minimum Gasteiger partial charge on any atom is -0.454 e. The van der Waals surface area contributed by atoms with E-state index in [1.807, 2.05) is 13.8 Å². The van der Waals surface area contributed by atoms with Gasteiger partial charge in [0.05, 0.1) is 36.5 Å². The topological polar surface area (TPSA) is 135 Å². The van der Waals surface area contributed by atoms with E-state index >= 15 is 0 Å². The Morgan fingerprint density at radius 3 is 2.49 bits per heavy atom. The van der Waals surface area contributed by atoms with Gasteiger partial charge in [0, 0.05) is 51.0 Å². The van der Waals surface area contributed by atoms with Gasteiger partial charge in [0.2, 0.25) is 5.82 Å². The van der Waals surface area contributed by atoms with Crippen molar-refractivity contribution in [3.05, 3.63) is 88.5 Å². The monoisotopic (exact) mass is 698 g/mol. The molecule has 0 radical (unpaired) electrons. The first-order valence-electron chi connectivity index (χ1n) is 17.1. The molecular weight excluding hydrogens is 658 g/mol. The largest absolute Gasteiger partial charge is 0.454 e. The van der Waals surface area contributed by atoms with Crippen molar-refractivity contribution in [3.63, 3.8) is 0 Å². The summed E-state index contributed by atoms with van der Waals surface area (Å²) in [5, 5.41) is 10.2. The molecule has 12 nitrogen and oxygen atoms in total. The molecule has 3 aliphatic heterocycles. The van der Waals surface area contributed by atoms with Crippen LogP contribution in [0.5, 0.6) is 11.5 Å². The quantitative estimate of drug-likeness (QED) is 0.212. The Balaban J connectivity index is 1.12. The summed E-state index contributed by atoms with van der Waals surface area (Å²) in [6.07, 6.45) is 4.58. The number of fused-ring (bicyclic) bond motifs is 1. The number of rotatable bonds is 8. The maximum Gasteiger partial charge on any atom is 0.334 e. The maximum atomic E-state index is 14.3. The van der Waals surface area contributed by atoms with Crippen LogP contribution in [0.15, 0.2) is 71.2 Å². The lowest BCUT2D eigenvalue weighted by molar-refractivity contribution is -0.128. The molecule has 3 aliphatic rings. The highest BCUT2D eigenvalue weighted by atomic mass is 19.2. The molecule has 1 amide bonds. The summed E-state index contributed by atoms with van der Waals surface area (Å²) in [6, 6.07) is 14.0. The van der Waals surface area contributed by atoms with Crippen molar-refractivity contribution in [1.29, 1.82) is 5.26 Å². The summed E-state index contributed by atoms with van der Waals surface area (Å²) in [5.41, 5.74) is 6.95. The Bertz CT molecular complexity index is 2070. The number of halogens is 2. The van der Waals surface area contributed by atoms with Crippen molar-refractivity contribution in [2.24, 2.45) is 0 Å². The van der Waals surface area contributed by atoms with Crippen LogP contribution in [0.4, 0.5) is 14.6 Å². The van der Waals surface area contributed by atoms with E-state index in [1.165, 1.54) is 22.9 Å². The van der Waals surface area contributed by atoms with Gasteiger partial charge in [0.25, 0.3) is 5.91 Å². The number of benzene rings is 2. The van der Waals surface area contributed by atoms with E-state index in [9.17, 15) is 23.6 Å². The van der Waals surface area contributed by atoms with Gasteiger partial charge in [-0.15, -0.1) is 0 Å². The molecule has 3 fully saturated rings. The zero-order valence-corrected chi connectivity index (χ0v) is 28.6. The molecule has 2 aromatic carbocycles. The van der Waals surface area contributed by atoms with Gasteiger partial charge >= 0.3 is 5.69 Å². The zero-order chi connectivity index (χ0) is 35.9. The molecule has 51 heavy (non-hydrogen) atoms. The number of carbonyl (C=O) groups is 1. The van der Waals surface area contributed by atoms with Gasteiger partial charge in [0.15, 0.2) is 11.6 Å². The molecule has 0 bridgehead atoms. The minimum absolute atomic E-state index is 0.0825. The maximum absolute atomic E-state index is 14.3. The van der Waals surface area contributed by atoms with Crippen LogP contribution >= 0.6 is 0 Å². The van der Waals surface area contributed by atoms with Crippen LogP contribution in [-0.4, -0.2) is 98.8 Å². The van der Waals surface area contributed by atoms with Crippen LogP contribution in [0.3, 0.4) is 0 Å². The molecule has 14 heteroatoms. The number of carbonyl (C=O) groups excluding carboxylic acids is 1. The second-order valence-electron chi connectivity index (χ2n) is 13.8. The summed E-state index contributed by atoms with van der Waals surface area (Å²) in [6.45, 7) is 9.76. The molecular formula is C37H40F2N8O4. The highest BCUT2D eigenvalue weighted by molar-refractivity contribution is 5.97.